The molecule has 0 fully saturated rings. The fraction of sp³-hybridized carbons (Fsp3) is 0. The Morgan fingerprint density at radius 2 is 1.68 bits per heavy atom. The second kappa shape index (κ2) is 4.85. The largest absolute Gasteiger partial charge is 0.382 e. The van der Waals surface area contributed by atoms with Crippen molar-refractivity contribution in [1.29, 1.82) is 5.26 Å². The summed E-state index contributed by atoms with van der Waals surface area (Å²) in [5.74, 6) is -2.52. The Hall–Kier alpha value is -1.55. The standard InChI is InChI=1S/C10H3Cl3F2N4/c11-4-7(14)5(12)9(6(13)8(4)15)19-10(17)3(1-16)2-18-19/h2H,17H2. The highest BCUT2D eigenvalue weighted by molar-refractivity contribution is 6.41. The van der Waals surface area contributed by atoms with Gasteiger partial charge in [0.05, 0.1) is 6.20 Å². The summed E-state index contributed by atoms with van der Waals surface area (Å²) in [5, 5.41) is 10.5. The first kappa shape index (κ1) is 13.9. The summed E-state index contributed by atoms with van der Waals surface area (Å²) in [6, 6.07) is 1.76. The molecule has 2 rings (SSSR count). The molecule has 1 aromatic heterocycles. The Morgan fingerprint density at radius 3 is 2.11 bits per heavy atom. The molecule has 0 amide bonds. The van der Waals surface area contributed by atoms with Crippen LogP contribution in [0.15, 0.2) is 6.20 Å². The van der Waals surface area contributed by atoms with E-state index in [0.717, 1.165) is 10.9 Å². The number of rotatable bonds is 1. The second-order valence-corrected chi connectivity index (χ2v) is 4.52. The van der Waals surface area contributed by atoms with Crippen molar-refractivity contribution in [3.05, 3.63) is 38.5 Å². The van der Waals surface area contributed by atoms with Crippen LogP contribution in [-0.2, 0) is 0 Å². The van der Waals surface area contributed by atoms with Crippen molar-refractivity contribution in [1.82, 2.24) is 9.78 Å². The molecular formula is C10H3Cl3F2N4. The predicted molar refractivity (Wildman–Crippen MR) is 67.6 cm³/mol. The SMILES string of the molecule is N#Cc1cnn(-c2c(Cl)c(F)c(Cl)c(F)c2Cl)c1N. The molecule has 1 heterocycles. The van der Waals surface area contributed by atoms with Gasteiger partial charge in [-0.25, -0.2) is 13.5 Å². The zero-order chi connectivity index (χ0) is 14.3. The van der Waals surface area contributed by atoms with Gasteiger partial charge in [0.1, 0.15) is 38.2 Å². The van der Waals surface area contributed by atoms with Crippen LogP contribution in [0, 0.1) is 23.0 Å². The van der Waals surface area contributed by atoms with Gasteiger partial charge in [-0.15, -0.1) is 0 Å². The fourth-order valence-electron chi connectivity index (χ4n) is 1.40. The quantitative estimate of drug-likeness (QED) is 0.644. The number of nitrogens with zero attached hydrogens (tertiary/aromatic N) is 3. The summed E-state index contributed by atoms with van der Waals surface area (Å²) in [4.78, 5) is 0. The minimum atomic E-state index is -1.19. The number of anilines is 1. The van der Waals surface area contributed by atoms with Gasteiger partial charge in [0.2, 0.25) is 0 Å². The maximum Gasteiger partial charge on any atom is 0.165 e. The molecule has 0 spiro atoms. The first-order valence-electron chi connectivity index (χ1n) is 4.65. The molecule has 0 aliphatic rings. The first-order valence-corrected chi connectivity index (χ1v) is 5.79. The average molecular weight is 324 g/mol. The third-order valence-electron chi connectivity index (χ3n) is 2.33. The molecule has 98 valence electrons. The van der Waals surface area contributed by atoms with E-state index < -0.39 is 26.7 Å². The van der Waals surface area contributed by atoms with Crippen LogP contribution in [0.3, 0.4) is 0 Å². The van der Waals surface area contributed by atoms with Gasteiger partial charge in [0.25, 0.3) is 0 Å². The van der Waals surface area contributed by atoms with Crippen molar-refractivity contribution in [2.45, 2.75) is 0 Å². The summed E-state index contributed by atoms with van der Waals surface area (Å²) < 4.78 is 28.1. The fourth-order valence-corrected chi connectivity index (χ4v) is 2.27. The van der Waals surface area contributed by atoms with E-state index in [0.29, 0.717) is 0 Å². The number of halogens is 5. The molecule has 4 nitrogen and oxygen atoms in total. The van der Waals surface area contributed by atoms with Gasteiger partial charge >= 0.3 is 0 Å². The highest BCUT2D eigenvalue weighted by Crippen LogP contribution is 2.39. The van der Waals surface area contributed by atoms with Crippen LogP contribution in [0.5, 0.6) is 0 Å². The molecule has 0 unspecified atom stereocenters. The lowest BCUT2D eigenvalue weighted by atomic mass is 10.3. The van der Waals surface area contributed by atoms with Crippen LogP contribution in [0.25, 0.3) is 5.69 Å². The first-order chi connectivity index (χ1) is 8.90. The summed E-state index contributed by atoms with van der Waals surface area (Å²) in [7, 11) is 0. The predicted octanol–water partition coefficient (Wildman–Crippen LogP) is 3.56. The molecule has 0 atom stereocenters. The lowest BCUT2D eigenvalue weighted by Gasteiger charge is -2.11. The van der Waals surface area contributed by atoms with Crippen LogP contribution < -0.4 is 5.73 Å². The van der Waals surface area contributed by atoms with Crippen molar-refractivity contribution >= 4 is 40.6 Å². The van der Waals surface area contributed by atoms with E-state index in [1.54, 1.807) is 6.07 Å². The third-order valence-corrected chi connectivity index (χ3v) is 3.35. The molecule has 0 aliphatic carbocycles. The van der Waals surface area contributed by atoms with Crippen LogP contribution in [0.1, 0.15) is 5.56 Å². The molecule has 0 bridgehead atoms. The van der Waals surface area contributed by atoms with E-state index in [1.165, 1.54) is 0 Å². The van der Waals surface area contributed by atoms with Gasteiger partial charge < -0.3 is 5.73 Å². The molecule has 0 aliphatic heterocycles. The van der Waals surface area contributed by atoms with Crippen molar-refractivity contribution in [3.8, 4) is 11.8 Å². The van der Waals surface area contributed by atoms with Crippen molar-refractivity contribution in [2.24, 2.45) is 0 Å². The molecule has 9 heteroatoms. The van der Waals surface area contributed by atoms with Gasteiger partial charge in [-0.05, 0) is 0 Å². The van der Waals surface area contributed by atoms with E-state index in [4.69, 9.17) is 45.8 Å². The molecule has 0 saturated carbocycles. The minimum Gasteiger partial charge on any atom is -0.382 e. The van der Waals surface area contributed by atoms with Gasteiger partial charge in [0, 0.05) is 0 Å². The summed E-state index contributed by atoms with van der Waals surface area (Å²) in [5.41, 5.74) is 5.30. The van der Waals surface area contributed by atoms with Crippen LogP contribution >= 0.6 is 34.8 Å². The number of hydrogen-bond acceptors (Lipinski definition) is 3. The Balaban J connectivity index is 2.84. The van der Waals surface area contributed by atoms with Crippen LogP contribution in [-0.4, -0.2) is 9.78 Å². The molecule has 0 radical (unpaired) electrons. The summed E-state index contributed by atoms with van der Waals surface area (Å²) in [6.45, 7) is 0. The average Bonchev–Trinajstić information content (AvgIpc) is 2.76. The van der Waals surface area contributed by atoms with Crippen LogP contribution in [0.2, 0.25) is 15.1 Å². The van der Waals surface area contributed by atoms with Gasteiger partial charge in [-0.3, -0.25) is 0 Å². The third kappa shape index (κ3) is 2.00. The highest BCUT2D eigenvalue weighted by Gasteiger charge is 2.25. The number of nitrogens with two attached hydrogens (primary N) is 1. The summed E-state index contributed by atoms with van der Waals surface area (Å²) in [6.07, 6.45) is 1.12. The van der Waals surface area contributed by atoms with Gasteiger partial charge in [-0.2, -0.15) is 10.4 Å². The molecule has 2 N–H and O–H groups in total. The normalized spacial score (nSPS) is 10.5. The topological polar surface area (TPSA) is 67.6 Å². The lowest BCUT2D eigenvalue weighted by Crippen LogP contribution is -2.06. The van der Waals surface area contributed by atoms with Crippen molar-refractivity contribution in [2.75, 3.05) is 5.73 Å². The molecule has 1 aromatic carbocycles. The van der Waals surface area contributed by atoms with E-state index in [-0.39, 0.29) is 17.1 Å². The number of nitrogen functional groups attached to an aromatic ring is 1. The Kier molecular flexibility index (Phi) is 3.54. The molecular weight excluding hydrogens is 320 g/mol. The van der Waals surface area contributed by atoms with E-state index >= 15 is 0 Å². The van der Waals surface area contributed by atoms with Gasteiger partial charge in [0.15, 0.2) is 11.6 Å². The van der Waals surface area contributed by atoms with Crippen LogP contribution in [0.4, 0.5) is 14.6 Å². The maximum absolute atomic E-state index is 13.6. The number of nitriles is 1. The molecule has 19 heavy (non-hydrogen) atoms. The van der Waals surface area contributed by atoms with Crippen molar-refractivity contribution in [3.63, 3.8) is 0 Å². The molecule has 0 saturated heterocycles. The maximum atomic E-state index is 13.6. The highest BCUT2D eigenvalue weighted by atomic mass is 35.5. The van der Waals surface area contributed by atoms with E-state index in [2.05, 4.69) is 5.10 Å². The Bertz CT molecular complexity index is 692. The monoisotopic (exact) mass is 322 g/mol. The summed E-state index contributed by atoms with van der Waals surface area (Å²) >= 11 is 16.8. The number of aromatic nitrogens is 2. The zero-order valence-corrected chi connectivity index (χ0v) is 11.2. The Labute approximate surface area is 120 Å². The molecule has 2 aromatic rings. The lowest BCUT2D eigenvalue weighted by molar-refractivity contribution is 0.581. The second-order valence-electron chi connectivity index (χ2n) is 3.39. The van der Waals surface area contributed by atoms with Gasteiger partial charge in [-0.1, -0.05) is 34.8 Å². The smallest absolute Gasteiger partial charge is 0.165 e. The minimum absolute atomic E-state index is 0.0166. The van der Waals surface area contributed by atoms with E-state index in [9.17, 15) is 8.78 Å². The zero-order valence-electron chi connectivity index (χ0n) is 8.89. The van der Waals surface area contributed by atoms with E-state index in [1.807, 2.05) is 0 Å². The Morgan fingerprint density at radius 1 is 1.16 bits per heavy atom. The number of benzene rings is 1. The van der Waals surface area contributed by atoms with Crippen molar-refractivity contribution < 1.29 is 8.78 Å². The number of hydrogen-bond donors (Lipinski definition) is 1.